The quantitative estimate of drug-likeness (QED) is 0.479. The number of carbonyl (C=O) groups is 1. The van der Waals surface area contributed by atoms with E-state index in [1.54, 1.807) is 19.2 Å². The van der Waals surface area contributed by atoms with E-state index in [-0.39, 0.29) is 17.8 Å². The van der Waals surface area contributed by atoms with Crippen molar-refractivity contribution in [1.82, 2.24) is 4.90 Å². The molecule has 1 aliphatic heterocycles. The molecule has 0 bridgehead atoms. The normalized spacial score (nSPS) is 19.3. The van der Waals surface area contributed by atoms with Crippen molar-refractivity contribution in [2.24, 2.45) is 11.1 Å². The minimum atomic E-state index is -0.621. The zero-order valence-corrected chi connectivity index (χ0v) is 22.1. The third kappa shape index (κ3) is 5.10. The molecule has 2 aliphatic rings. The van der Waals surface area contributed by atoms with E-state index in [4.69, 9.17) is 38.4 Å². The summed E-state index contributed by atoms with van der Waals surface area (Å²) in [6.45, 7) is 5.22. The van der Waals surface area contributed by atoms with Crippen molar-refractivity contribution in [1.29, 1.82) is 5.26 Å². The van der Waals surface area contributed by atoms with Gasteiger partial charge < -0.3 is 20.1 Å². The van der Waals surface area contributed by atoms with Gasteiger partial charge in [0.05, 0.1) is 24.2 Å². The minimum Gasteiger partial charge on any atom is -0.489 e. The first kappa shape index (κ1) is 26.1. The van der Waals surface area contributed by atoms with Gasteiger partial charge in [0.25, 0.3) is 0 Å². The number of allylic oxidation sites excluding steroid dienone is 3. The molecule has 36 heavy (non-hydrogen) atoms. The van der Waals surface area contributed by atoms with E-state index in [1.165, 1.54) is 0 Å². The highest BCUT2D eigenvalue weighted by Gasteiger charge is 2.44. The highest BCUT2D eigenvalue weighted by molar-refractivity contribution is 6.35. The van der Waals surface area contributed by atoms with Crippen molar-refractivity contribution < 1.29 is 14.3 Å². The molecule has 4 rings (SSSR count). The molecule has 8 heteroatoms. The Bertz CT molecular complexity index is 1290. The van der Waals surface area contributed by atoms with Gasteiger partial charge >= 0.3 is 0 Å². The molecule has 188 valence electrons. The predicted molar refractivity (Wildman–Crippen MR) is 140 cm³/mol. The first-order valence-corrected chi connectivity index (χ1v) is 12.5. The topological polar surface area (TPSA) is 88.6 Å². The summed E-state index contributed by atoms with van der Waals surface area (Å²) < 4.78 is 11.5. The van der Waals surface area contributed by atoms with E-state index in [0.29, 0.717) is 64.3 Å². The van der Waals surface area contributed by atoms with Gasteiger partial charge in [-0.15, -0.1) is 0 Å². The zero-order chi connectivity index (χ0) is 26.0. The van der Waals surface area contributed by atoms with Crippen molar-refractivity contribution in [3.05, 3.63) is 86.3 Å². The largest absolute Gasteiger partial charge is 0.489 e. The number of ether oxygens (including phenoxy) is 2. The molecule has 0 spiro atoms. The van der Waals surface area contributed by atoms with Crippen LogP contribution in [0.15, 0.2) is 65.1 Å². The zero-order valence-electron chi connectivity index (χ0n) is 20.6. The molecular formula is C28H29Cl2N3O3. The van der Waals surface area contributed by atoms with Crippen LogP contribution in [0.2, 0.25) is 10.0 Å². The highest BCUT2D eigenvalue weighted by atomic mass is 35.5. The maximum atomic E-state index is 13.6. The average molecular weight is 526 g/mol. The lowest BCUT2D eigenvalue weighted by Crippen LogP contribution is -2.43. The Balaban J connectivity index is 1.81. The molecule has 2 aromatic rings. The Morgan fingerprint density at radius 3 is 2.64 bits per heavy atom. The molecule has 0 fully saturated rings. The smallest absolute Gasteiger partial charge is 0.162 e. The predicted octanol–water partition coefficient (Wildman–Crippen LogP) is 5.96. The third-order valence-electron chi connectivity index (χ3n) is 6.63. The summed E-state index contributed by atoms with van der Waals surface area (Å²) in [6, 6.07) is 15.0. The summed E-state index contributed by atoms with van der Waals surface area (Å²) in [7, 11) is 1.61. The summed E-state index contributed by atoms with van der Waals surface area (Å²) in [5, 5.41) is 11.3. The second-order valence-electron chi connectivity index (χ2n) is 9.85. The molecule has 6 nitrogen and oxygen atoms in total. The van der Waals surface area contributed by atoms with Gasteiger partial charge in [0.15, 0.2) is 5.78 Å². The van der Waals surface area contributed by atoms with E-state index in [1.807, 2.05) is 35.2 Å². The molecule has 1 atom stereocenters. The first-order valence-electron chi connectivity index (χ1n) is 11.7. The van der Waals surface area contributed by atoms with Crippen LogP contribution in [0.1, 0.15) is 43.7 Å². The number of halogens is 2. The van der Waals surface area contributed by atoms with E-state index in [0.717, 1.165) is 11.3 Å². The fourth-order valence-corrected chi connectivity index (χ4v) is 5.43. The van der Waals surface area contributed by atoms with Crippen LogP contribution in [0.5, 0.6) is 5.75 Å². The Labute approximate surface area is 221 Å². The van der Waals surface area contributed by atoms with E-state index < -0.39 is 5.92 Å². The molecule has 1 aliphatic carbocycles. The molecular weight excluding hydrogens is 497 g/mol. The number of Topliss-reactive ketones (excluding diaryl/α,β-unsaturated/α-hetero) is 1. The Morgan fingerprint density at radius 2 is 1.94 bits per heavy atom. The molecule has 1 heterocycles. The molecule has 0 amide bonds. The van der Waals surface area contributed by atoms with Gasteiger partial charge in [-0.2, -0.15) is 5.26 Å². The van der Waals surface area contributed by atoms with Crippen molar-refractivity contribution in [3.63, 3.8) is 0 Å². The number of hydrogen-bond donors (Lipinski definition) is 1. The van der Waals surface area contributed by atoms with Crippen LogP contribution in [-0.4, -0.2) is 30.9 Å². The van der Waals surface area contributed by atoms with Gasteiger partial charge in [-0.3, -0.25) is 4.79 Å². The number of ketones is 1. The van der Waals surface area contributed by atoms with Crippen LogP contribution in [0.4, 0.5) is 0 Å². The van der Waals surface area contributed by atoms with Gasteiger partial charge in [0.2, 0.25) is 0 Å². The Morgan fingerprint density at radius 1 is 1.19 bits per heavy atom. The lowest BCUT2D eigenvalue weighted by Gasteiger charge is -2.44. The van der Waals surface area contributed by atoms with Gasteiger partial charge in [-0.1, -0.05) is 61.3 Å². The minimum absolute atomic E-state index is 0.0180. The lowest BCUT2D eigenvalue weighted by molar-refractivity contribution is -0.118. The highest BCUT2D eigenvalue weighted by Crippen LogP contribution is 2.50. The van der Waals surface area contributed by atoms with E-state index in [2.05, 4.69) is 19.9 Å². The molecule has 0 aromatic heterocycles. The summed E-state index contributed by atoms with van der Waals surface area (Å²) in [5.74, 6) is 0.303. The number of nitrogens with zero attached hydrogens (tertiary/aromatic N) is 2. The van der Waals surface area contributed by atoms with Crippen molar-refractivity contribution in [3.8, 4) is 11.8 Å². The van der Waals surface area contributed by atoms with Gasteiger partial charge in [0, 0.05) is 52.5 Å². The maximum absolute atomic E-state index is 13.6. The summed E-state index contributed by atoms with van der Waals surface area (Å²) in [6.07, 6.45) is 1.06. The summed E-state index contributed by atoms with van der Waals surface area (Å²) >= 11 is 12.4. The third-order valence-corrected chi connectivity index (χ3v) is 7.22. The van der Waals surface area contributed by atoms with Gasteiger partial charge in [-0.25, -0.2) is 0 Å². The average Bonchev–Trinajstić information content (AvgIpc) is 2.82. The second-order valence-corrected chi connectivity index (χ2v) is 10.7. The van der Waals surface area contributed by atoms with Crippen molar-refractivity contribution in [2.45, 2.75) is 39.2 Å². The molecule has 0 radical (unpaired) electrons. The number of hydrogen-bond acceptors (Lipinski definition) is 6. The first-order chi connectivity index (χ1) is 17.2. The number of methoxy groups -OCH3 is 1. The summed E-state index contributed by atoms with van der Waals surface area (Å²) in [5.41, 5.74) is 9.66. The van der Waals surface area contributed by atoms with Crippen LogP contribution in [0.3, 0.4) is 0 Å². The van der Waals surface area contributed by atoms with Crippen molar-refractivity contribution >= 4 is 29.0 Å². The number of carbonyl (C=O) groups excluding carboxylic acids is 1. The number of nitriles is 1. The lowest BCUT2D eigenvalue weighted by atomic mass is 9.68. The maximum Gasteiger partial charge on any atom is 0.162 e. The number of para-hydroxylation sites is 1. The Kier molecular flexibility index (Phi) is 7.65. The molecule has 0 saturated carbocycles. The number of nitrogens with two attached hydrogens (primary N) is 1. The van der Waals surface area contributed by atoms with E-state index in [9.17, 15) is 10.1 Å². The summed E-state index contributed by atoms with van der Waals surface area (Å²) in [4.78, 5) is 15.5. The fourth-order valence-electron chi connectivity index (χ4n) is 4.97. The Hall–Kier alpha value is -2.98. The van der Waals surface area contributed by atoms with Crippen LogP contribution in [-0.2, 0) is 16.1 Å². The SMILES string of the molecule is COCCN1C(N)=C(C#N)[C@H](c2ccccc2OCc2ccc(Cl)cc2Cl)C2=C1CC(C)(C)CC2=O. The number of benzene rings is 2. The molecule has 2 N–H and O–H groups in total. The van der Waals surface area contributed by atoms with Crippen LogP contribution in [0, 0.1) is 16.7 Å². The fraction of sp³-hybridized carbons (Fsp3) is 0.357. The molecule has 0 unspecified atom stereocenters. The van der Waals surface area contributed by atoms with Crippen molar-refractivity contribution in [2.75, 3.05) is 20.3 Å². The monoisotopic (exact) mass is 525 g/mol. The second kappa shape index (κ2) is 10.6. The standard InChI is InChI=1S/C28H29Cl2N3O3/c1-28(2)13-22-26(23(34)14-28)25(20(15-31)27(32)33(22)10-11-35-3)19-6-4-5-7-24(19)36-16-17-8-9-18(29)12-21(17)30/h4-9,12,25H,10-11,13-14,16,32H2,1-3H3/t25-/m0/s1. The molecule has 0 saturated heterocycles. The molecule has 2 aromatic carbocycles. The van der Waals surface area contributed by atoms with Crippen LogP contribution >= 0.6 is 23.2 Å². The van der Waals surface area contributed by atoms with E-state index >= 15 is 0 Å². The van der Waals surface area contributed by atoms with Crippen LogP contribution in [0.25, 0.3) is 0 Å². The number of rotatable bonds is 7. The van der Waals surface area contributed by atoms with Crippen LogP contribution < -0.4 is 10.5 Å². The van der Waals surface area contributed by atoms with Gasteiger partial charge in [-0.05, 0) is 30.0 Å². The van der Waals surface area contributed by atoms with Gasteiger partial charge in [0.1, 0.15) is 18.2 Å².